The lowest BCUT2D eigenvalue weighted by Crippen LogP contribution is -2.04. The molecule has 0 spiro atoms. The van der Waals surface area contributed by atoms with Crippen molar-refractivity contribution < 1.29 is 0 Å². The highest BCUT2D eigenvalue weighted by molar-refractivity contribution is 5.79. The Bertz CT molecular complexity index is 960. The van der Waals surface area contributed by atoms with Crippen LogP contribution in [0.5, 0.6) is 0 Å². The van der Waals surface area contributed by atoms with Gasteiger partial charge in [0.15, 0.2) is 5.65 Å². The highest BCUT2D eigenvalue weighted by Crippen LogP contribution is 2.16. The molecule has 0 atom stereocenters. The van der Waals surface area contributed by atoms with Gasteiger partial charge in [0.2, 0.25) is 5.65 Å². The van der Waals surface area contributed by atoms with E-state index in [-0.39, 0.29) is 0 Å². The highest BCUT2D eigenvalue weighted by atomic mass is 15.5. The van der Waals surface area contributed by atoms with Gasteiger partial charge in [0.05, 0.1) is 18.3 Å². The second kappa shape index (κ2) is 5.03. The first kappa shape index (κ1) is 12.6. The van der Waals surface area contributed by atoms with Crippen molar-refractivity contribution in [2.75, 3.05) is 12.4 Å². The number of hydrogen-bond acceptors (Lipinski definition) is 6. The van der Waals surface area contributed by atoms with Gasteiger partial charge < -0.3 is 5.32 Å². The van der Waals surface area contributed by atoms with Gasteiger partial charge in [-0.2, -0.15) is 0 Å². The topological polar surface area (TPSA) is 81.4 Å². The van der Waals surface area contributed by atoms with Crippen LogP contribution in [0.2, 0.25) is 0 Å². The monoisotopic (exact) mass is 291 g/mol. The minimum atomic E-state index is 0.543. The van der Waals surface area contributed by atoms with E-state index in [9.17, 15) is 0 Å². The number of nitrogens with one attached hydrogen (secondary N) is 1. The molecule has 0 unspecified atom stereocenters. The molecule has 108 valence electrons. The van der Waals surface area contributed by atoms with E-state index >= 15 is 0 Å². The Morgan fingerprint density at radius 1 is 1.18 bits per heavy atom. The van der Waals surface area contributed by atoms with Crippen LogP contribution >= 0.6 is 0 Å². The third-order valence-electron chi connectivity index (χ3n) is 3.48. The van der Waals surface area contributed by atoms with Crippen LogP contribution in [-0.2, 0) is 6.54 Å². The fourth-order valence-corrected chi connectivity index (χ4v) is 2.38. The van der Waals surface area contributed by atoms with Gasteiger partial charge in [0.25, 0.3) is 0 Å². The number of benzene rings is 1. The number of fused-ring (bicyclic) bond motifs is 2. The van der Waals surface area contributed by atoms with Crippen molar-refractivity contribution in [3.8, 4) is 0 Å². The molecule has 3 aromatic heterocycles. The highest BCUT2D eigenvalue weighted by Gasteiger charge is 2.09. The minimum Gasteiger partial charge on any atom is -0.372 e. The molecule has 0 radical (unpaired) electrons. The molecule has 4 aromatic rings. The normalized spacial score (nSPS) is 11.1. The van der Waals surface area contributed by atoms with E-state index in [0.717, 1.165) is 16.5 Å². The summed E-state index contributed by atoms with van der Waals surface area (Å²) in [6.45, 7) is 0.586. The van der Waals surface area contributed by atoms with Crippen LogP contribution in [0.25, 0.3) is 22.2 Å². The third kappa shape index (κ3) is 2.12. The van der Waals surface area contributed by atoms with Crippen LogP contribution < -0.4 is 5.32 Å². The molecule has 1 aromatic carbocycles. The maximum atomic E-state index is 4.46. The Hall–Kier alpha value is -3.09. The Kier molecular flexibility index (Phi) is 2.89. The Balaban J connectivity index is 1.75. The van der Waals surface area contributed by atoms with Crippen LogP contribution in [0.1, 0.15) is 5.56 Å². The van der Waals surface area contributed by atoms with E-state index in [1.165, 1.54) is 0 Å². The lowest BCUT2D eigenvalue weighted by molar-refractivity contribution is 0.664. The van der Waals surface area contributed by atoms with E-state index in [1.807, 2.05) is 24.3 Å². The maximum absolute atomic E-state index is 4.46. The van der Waals surface area contributed by atoms with E-state index in [2.05, 4.69) is 36.6 Å². The molecule has 7 heteroatoms. The number of anilines is 1. The average molecular weight is 291 g/mol. The Morgan fingerprint density at radius 2 is 2.14 bits per heavy atom. The Labute approximate surface area is 126 Å². The smallest absolute Gasteiger partial charge is 0.221 e. The summed E-state index contributed by atoms with van der Waals surface area (Å²) in [6, 6.07) is 10.1. The van der Waals surface area contributed by atoms with Gasteiger partial charge in [-0.25, -0.2) is 14.6 Å². The molecule has 0 saturated heterocycles. The molecule has 0 aliphatic carbocycles. The molecule has 7 nitrogen and oxygen atoms in total. The first-order valence-electron chi connectivity index (χ1n) is 6.91. The van der Waals surface area contributed by atoms with E-state index in [0.29, 0.717) is 23.7 Å². The van der Waals surface area contributed by atoms with Crippen LogP contribution in [0.3, 0.4) is 0 Å². The average Bonchev–Trinajstić information content (AvgIpc) is 2.97. The zero-order valence-corrected chi connectivity index (χ0v) is 11.9. The van der Waals surface area contributed by atoms with Crippen molar-refractivity contribution in [1.29, 1.82) is 0 Å². The van der Waals surface area contributed by atoms with Crippen molar-refractivity contribution in [2.45, 2.75) is 6.54 Å². The number of aromatic nitrogens is 6. The first-order valence-corrected chi connectivity index (χ1v) is 6.91. The van der Waals surface area contributed by atoms with Crippen molar-refractivity contribution >= 4 is 28.0 Å². The summed E-state index contributed by atoms with van der Waals surface area (Å²) in [6.07, 6.45) is 3.44. The maximum Gasteiger partial charge on any atom is 0.221 e. The van der Waals surface area contributed by atoms with Crippen LogP contribution in [0, 0.1) is 0 Å². The molecular formula is C15H13N7. The second-order valence-corrected chi connectivity index (χ2v) is 4.93. The van der Waals surface area contributed by atoms with Crippen LogP contribution in [0.15, 0.2) is 42.7 Å². The lowest BCUT2D eigenvalue weighted by atomic mass is 10.1. The molecule has 0 saturated carbocycles. The van der Waals surface area contributed by atoms with Crippen molar-refractivity contribution in [3.05, 3.63) is 48.3 Å². The number of pyridine rings is 1. The molecule has 0 amide bonds. The predicted octanol–water partition coefficient (Wildman–Crippen LogP) is 1.86. The second-order valence-electron chi connectivity index (χ2n) is 4.93. The first-order chi connectivity index (χ1) is 10.8. The number of hydrogen-bond donors (Lipinski definition) is 1. The van der Waals surface area contributed by atoms with Gasteiger partial charge >= 0.3 is 0 Å². The molecule has 0 bridgehead atoms. The fourth-order valence-electron chi connectivity index (χ4n) is 2.38. The van der Waals surface area contributed by atoms with E-state index < -0.39 is 0 Å². The minimum absolute atomic E-state index is 0.543. The summed E-state index contributed by atoms with van der Waals surface area (Å²) in [5.41, 5.74) is 3.30. The molecule has 4 rings (SSSR count). The summed E-state index contributed by atoms with van der Waals surface area (Å²) < 4.78 is 1.75. The lowest BCUT2D eigenvalue weighted by Gasteiger charge is -2.04. The van der Waals surface area contributed by atoms with Gasteiger partial charge in [-0.1, -0.05) is 17.3 Å². The summed E-state index contributed by atoms with van der Waals surface area (Å²) in [7, 11) is 1.81. The van der Waals surface area contributed by atoms with Gasteiger partial charge in [0.1, 0.15) is 5.82 Å². The molecule has 0 aliphatic heterocycles. The standard InChI is InChI=1S/C15H13N7/c1-16-13-8-18-14-15(19-13)22(21-20-14)9-10-4-5-12-11(7-10)3-2-6-17-12/h2-8H,9H2,1H3,(H,16,19). The van der Waals surface area contributed by atoms with E-state index in [4.69, 9.17) is 0 Å². The number of rotatable bonds is 3. The third-order valence-corrected chi connectivity index (χ3v) is 3.48. The van der Waals surface area contributed by atoms with Crippen molar-refractivity contribution in [2.24, 2.45) is 0 Å². The molecule has 0 fully saturated rings. The summed E-state index contributed by atoms with van der Waals surface area (Å²) in [5.74, 6) is 0.693. The SMILES string of the molecule is CNc1cnc2nnn(Cc3ccc4ncccc4c3)c2n1. The van der Waals surface area contributed by atoms with Gasteiger partial charge in [0, 0.05) is 18.6 Å². The van der Waals surface area contributed by atoms with Gasteiger partial charge in [-0.3, -0.25) is 4.98 Å². The van der Waals surface area contributed by atoms with E-state index in [1.54, 1.807) is 24.1 Å². The summed E-state index contributed by atoms with van der Waals surface area (Å²) in [4.78, 5) is 13.0. The summed E-state index contributed by atoms with van der Waals surface area (Å²) >= 11 is 0. The number of nitrogens with zero attached hydrogens (tertiary/aromatic N) is 6. The molecule has 22 heavy (non-hydrogen) atoms. The summed E-state index contributed by atoms with van der Waals surface area (Å²) in [5, 5.41) is 12.3. The quantitative estimate of drug-likeness (QED) is 0.620. The Morgan fingerprint density at radius 3 is 3.05 bits per heavy atom. The predicted molar refractivity (Wildman–Crippen MR) is 83.5 cm³/mol. The molecular weight excluding hydrogens is 278 g/mol. The van der Waals surface area contributed by atoms with Gasteiger partial charge in [-0.15, -0.1) is 5.10 Å². The fraction of sp³-hybridized carbons (Fsp3) is 0.133. The van der Waals surface area contributed by atoms with Crippen molar-refractivity contribution in [1.82, 2.24) is 29.9 Å². The molecule has 3 heterocycles. The zero-order chi connectivity index (χ0) is 14.9. The zero-order valence-electron chi connectivity index (χ0n) is 11.9. The van der Waals surface area contributed by atoms with Gasteiger partial charge in [-0.05, 0) is 23.8 Å². The van der Waals surface area contributed by atoms with Crippen LogP contribution in [0.4, 0.5) is 5.82 Å². The van der Waals surface area contributed by atoms with Crippen molar-refractivity contribution in [3.63, 3.8) is 0 Å². The molecule has 0 aliphatic rings. The largest absolute Gasteiger partial charge is 0.372 e. The van der Waals surface area contributed by atoms with Crippen LogP contribution in [-0.4, -0.2) is 37.0 Å². The molecule has 1 N–H and O–H groups in total.